The molecule has 0 spiro atoms. The molecule has 10 heteroatoms. The monoisotopic (exact) mass is 372 g/mol. The highest BCUT2D eigenvalue weighted by Crippen LogP contribution is 2.40. The summed E-state index contributed by atoms with van der Waals surface area (Å²) >= 11 is 0. The minimum atomic E-state index is -5.01. The predicted molar refractivity (Wildman–Crippen MR) is 70.2 cm³/mol. The van der Waals surface area contributed by atoms with Crippen LogP contribution in [-0.2, 0) is 6.18 Å². The van der Waals surface area contributed by atoms with E-state index in [0.29, 0.717) is 6.07 Å². The van der Waals surface area contributed by atoms with Gasteiger partial charge in [0.1, 0.15) is 11.5 Å². The second kappa shape index (κ2) is 6.77. The molecule has 0 bridgehead atoms. The normalized spacial score (nSPS) is 12.4. The molecule has 0 atom stereocenters. The molecule has 2 aromatic rings. The second-order valence-corrected chi connectivity index (χ2v) is 4.66. The fraction of sp³-hybridized carbons (Fsp3) is 0.200. The Labute approximate surface area is 135 Å². The summed E-state index contributed by atoms with van der Waals surface area (Å²) < 4.78 is 108. The van der Waals surface area contributed by atoms with Crippen LogP contribution in [0.3, 0.4) is 0 Å². The third-order valence-corrected chi connectivity index (χ3v) is 2.90. The third-order valence-electron chi connectivity index (χ3n) is 2.90. The van der Waals surface area contributed by atoms with Gasteiger partial charge in [-0.2, -0.15) is 22.0 Å². The molecule has 0 aromatic heterocycles. The maximum absolute atomic E-state index is 13.2. The molecule has 0 aliphatic heterocycles. The molecule has 0 aliphatic rings. The van der Waals surface area contributed by atoms with Crippen LogP contribution in [0.25, 0.3) is 11.1 Å². The quantitative estimate of drug-likeness (QED) is 0.625. The van der Waals surface area contributed by atoms with Crippen LogP contribution in [0.2, 0.25) is 0 Å². The summed E-state index contributed by atoms with van der Waals surface area (Å²) in [5, 5.41) is 0. The molecule has 0 saturated heterocycles. The highest BCUT2D eigenvalue weighted by atomic mass is 19.4. The Morgan fingerprint density at radius 3 is 2.04 bits per heavy atom. The minimum absolute atomic E-state index is 0.238. The number of rotatable bonds is 4. The van der Waals surface area contributed by atoms with Crippen LogP contribution in [0.1, 0.15) is 5.56 Å². The van der Waals surface area contributed by atoms with E-state index in [9.17, 15) is 35.1 Å². The van der Waals surface area contributed by atoms with Gasteiger partial charge >= 0.3 is 19.2 Å². The van der Waals surface area contributed by atoms with Gasteiger partial charge in [0.25, 0.3) is 0 Å². The van der Waals surface area contributed by atoms with Gasteiger partial charge in [-0.05, 0) is 35.4 Å². The van der Waals surface area contributed by atoms with Crippen molar-refractivity contribution in [3.05, 3.63) is 48.0 Å². The predicted octanol–water partition coefficient (Wildman–Crippen LogP) is 5.87. The lowest BCUT2D eigenvalue weighted by molar-refractivity contribution is -0.274. The Morgan fingerprint density at radius 2 is 1.48 bits per heavy atom. The van der Waals surface area contributed by atoms with Gasteiger partial charge in [-0.25, -0.2) is 0 Å². The van der Waals surface area contributed by atoms with Gasteiger partial charge in [-0.15, -0.1) is 13.2 Å². The Hall–Kier alpha value is -2.52. The topological polar surface area (TPSA) is 18.5 Å². The van der Waals surface area contributed by atoms with Gasteiger partial charge in [-0.1, -0.05) is 18.2 Å². The van der Waals surface area contributed by atoms with E-state index < -0.39 is 41.8 Å². The zero-order chi connectivity index (χ0) is 18.8. The van der Waals surface area contributed by atoms with Crippen LogP contribution in [0, 0.1) is 0 Å². The molecule has 0 amide bonds. The van der Waals surface area contributed by atoms with E-state index >= 15 is 0 Å². The number of hydrogen-bond donors (Lipinski definition) is 0. The van der Waals surface area contributed by atoms with Gasteiger partial charge in [0, 0.05) is 0 Å². The first-order valence-electron chi connectivity index (χ1n) is 6.48. The molecule has 2 aromatic carbocycles. The molecule has 0 saturated carbocycles. The van der Waals surface area contributed by atoms with Gasteiger partial charge < -0.3 is 9.47 Å². The fourth-order valence-electron chi connectivity index (χ4n) is 2.05. The number of halogens is 8. The maximum Gasteiger partial charge on any atom is 0.573 e. The summed E-state index contributed by atoms with van der Waals surface area (Å²) in [6.45, 7) is -3.32. The van der Waals surface area contributed by atoms with E-state index in [1.807, 2.05) is 0 Å². The molecular formula is C15H8F8O2. The average molecular weight is 372 g/mol. The van der Waals surface area contributed by atoms with Crippen LogP contribution < -0.4 is 9.47 Å². The Balaban J connectivity index is 2.49. The van der Waals surface area contributed by atoms with Crippen molar-refractivity contribution in [1.82, 2.24) is 0 Å². The number of alkyl halides is 8. The van der Waals surface area contributed by atoms with Crippen molar-refractivity contribution in [3.63, 3.8) is 0 Å². The minimum Gasteiger partial charge on any atom is -0.435 e. The van der Waals surface area contributed by atoms with Crippen LogP contribution in [0.4, 0.5) is 35.1 Å². The molecular weight excluding hydrogens is 364 g/mol. The van der Waals surface area contributed by atoms with Crippen LogP contribution in [-0.4, -0.2) is 13.0 Å². The van der Waals surface area contributed by atoms with Crippen molar-refractivity contribution < 1.29 is 44.6 Å². The lowest BCUT2D eigenvalue weighted by atomic mass is 9.99. The summed E-state index contributed by atoms with van der Waals surface area (Å²) in [6, 6.07) is 5.89. The van der Waals surface area contributed by atoms with E-state index in [0.717, 1.165) is 36.4 Å². The SMILES string of the molecule is FC(F)Oc1ccc(-c2cccc(OC(F)(F)F)c2)c(C(F)(F)F)c1. The zero-order valence-electron chi connectivity index (χ0n) is 12.0. The molecule has 0 radical (unpaired) electrons. The maximum atomic E-state index is 13.2. The van der Waals surface area contributed by atoms with E-state index in [2.05, 4.69) is 9.47 Å². The molecule has 0 heterocycles. The Bertz CT molecular complexity index is 737. The fourth-order valence-corrected chi connectivity index (χ4v) is 2.05. The standard InChI is InChI=1S/C15H8F8O2/c16-13(17)24-9-4-5-11(12(7-9)14(18,19)20)8-2-1-3-10(6-8)25-15(21,22)23/h1-7,13H. The van der Waals surface area contributed by atoms with Gasteiger partial charge in [-0.3, -0.25) is 0 Å². The van der Waals surface area contributed by atoms with Crippen LogP contribution in [0.5, 0.6) is 11.5 Å². The van der Waals surface area contributed by atoms with Crippen LogP contribution in [0.15, 0.2) is 42.5 Å². The zero-order valence-corrected chi connectivity index (χ0v) is 12.0. The van der Waals surface area contributed by atoms with Crippen molar-refractivity contribution in [2.24, 2.45) is 0 Å². The lowest BCUT2D eigenvalue weighted by Gasteiger charge is -2.16. The molecule has 25 heavy (non-hydrogen) atoms. The van der Waals surface area contributed by atoms with Gasteiger partial charge in [0.2, 0.25) is 0 Å². The molecule has 0 fully saturated rings. The summed E-state index contributed by atoms with van der Waals surface area (Å²) in [6.07, 6.45) is -9.96. The number of ether oxygens (including phenoxy) is 2. The summed E-state index contributed by atoms with van der Waals surface area (Å²) in [5.74, 6) is -1.44. The molecule has 0 aliphatic carbocycles. The summed E-state index contributed by atoms with van der Waals surface area (Å²) in [5.41, 5.74) is -2.09. The molecule has 136 valence electrons. The smallest absolute Gasteiger partial charge is 0.435 e. The van der Waals surface area contributed by atoms with E-state index in [4.69, 9.17) is 0 Å². The number of hydrogen-bond acceptors (Lipinski definition) is 2. The third kappa shape index (κ3) is 5.23. The van der Waals surface area contributed by atoms with E-state index in [1.54, 1.807) is 0 Å². The molecule has 0 N–H and O–H groups in total. The molecule has 2 nitrogen and oxygen atoms in total. The summed E-state index contributed by atoms with van der Waals surface area (Å²) in [4.78, 5) is 0. The Morgan fingerprint density at radius 1 is 0.800 bits per heavy atom. The lowest BCUT2D eigenvalue weighted by Crippen LogP contribution is -2.17. The van der Waals surface area contributed by atoms with Gasteiger partial charge in [0.15, 0.2) is 0 Å². The second-order valence-electron chi connectivity index (χ2n) is 4.66. The Kier molecular flexibility index (Phi) is 5.09. The molecule has 0 unspecified atom stereocenters. The van der Waals surface area contributed by atoms with Crippen LogP contribution >= 0.6 is 0 Å². The molecule has 2 rings (SSSR count). The van der Waals surface area contributed by atoms with Gasteiger partial charge in [0.05, 0.1) is 5.56 Å². The van der Waals surface area contributed by atoms with Crippen molar-refractivity contribution >= 4 is 0 Å². The average Bonchev–Trinajstić information content (AvgIpc) is 2.44. The summed E-state index contributed by atoms with van der Waals surface area (Å²) in [7, 11) is 0. The highest BCUT2D eigenvalue weighted by Gasteiger charge is 2.35. The first kappa shape index (κ1) is 18.8. The number of benzene rings is 2. The van der Waals surface area contributed by atoms with Crippen molar-refractivity contribution in [2.75, 3.05) is 0 Å². The van der Waals surface area contributed by atoms with Crippen molar-refractivity contribution in [3.8, 4) is 22.6 Å². The van der Waals surface area contributed by atoms with E-state index in [1.165, 1.54) is 0 Å². The first-order valence-corrected chi connectivity index (χ1v) is 6.48. The highest BCUT2D eigenvalue weighted by molar-refractivity contribution is 5.70. The van der Waals surface area contributed by atoms with E-state index in [-0.39, 0.29) is 5.56 Å². The van der Waals surface area contributed by atoms with Crippen molar-refractivity contribution in [1.29, 1.82) is 0 Å². The largest absolute Gasteiger partial charge is 0.573 e. The first-order chi connectivity index (χ1) is 11.5. The van der Waals surface area contributed by atoms with Crippen molar-refractivity contribution in [2.45, 2.75) is 19.2 Å².